The highest BCUT2D eigenvalue weighted by Crippen LogP contribution is 2.23. The first-order valence-electron chi connectivity index (χ1n) is 4.87. The fraction of sp³-hybridized carbons (Fsp3) is 0. The van der Waals surface area contributed by atoms with Crippen LogP contribution in [0.4, 0.5) is 5.69 Å². The molecular weight excluding hydrogens is 222 g/mol. The van der Waals surface area contributed by atoms with E-state index in [-0.39, 0.29) is 5.69 Å². The van der Waals surface area contributed by atoms with E-state index in [1.807, 2.05) is 0 Å². The fourth-order valence-corrected chi connectivity index (χ4v) is 1.66. The number of nitro groups is 1. The van der Waals surface area contributed by atoms with Gasteiger partial charge in [-0.2, -0.15) is 0 Å². The van der Waals surface area contributed by atoms with Crippen molar-refractivity contribution in [2.45, 2.75) is 0 Å². The second kappa shape index (κ2) is 3.41. The van der Waals surface area contributed by atoms with Crippen LogP contribution in [-0.4, -0.2) is 24.4 Å². The molecule has 2 heterocycles. The molecule has 3 rings (SSSR count). The summed E-state index contributed by atoms with van der Waals surface area (Å²) in [6.07, 6.45) is 4.90. The van der Waals surface area contributed by atoms with Gasteiger partial charge in [0, 0.05) is 18.5 Å². The molecule has 1 aromatic carbocycles. The zero-order chi connectivity index (χ0) is 11.8. The van der Waals surface area contributed by atoms with Gasteiger partial charge in [0.1, 0.15) is 6.33 Å². The van der Waals surface area contributed by atoms with Gasteiger partial charge in [0.15, 0.2) is 5.52 Å². The van der Waals surface area contributed by atoms with Crippen LogP contribution in [-0.2, 0) is 0 Å². The van der Waals surface area contributed by atoms with E-state index in [0.29, 0.717) is 17.0 Å². The summed E-state index contributed by atoms with van der Waals surface area (Å²) in [6, 6.07) is 4.80. The number of hydrogen-bond donors (Lipinski definition) is 1. The molecule has 0 saturated heterocycles. The Kier molecular flexibility index (Phi) is 1.91. The smallest absolute Gasteiger partial charge is 0.297 e. The Bertz CT molecular complexity index is 686. The summed E-state index contributed by atoms with van der Waals surface area (Å²) in [5.74, 6) is 0.506. The number of benzene rings is 1. The number of nitro benzene ring substituents is 1. The van der Waals surface area contributed by atoms with E-state index in [0.717, 1.165) is 0 Å². The van der Waals surface area contributed by atoms with E-state index in [1.165, 1.54) is 6.07 Å². The molecule has 0 spiro atoms. The molecule has 0 unspecified atom stereocenters. The Morgan fingerprint density at radius 2 is 2.29 bits per heavy atom. The number of H-pyrrole nitrogens is 1. The minimum Gasteiger partial charge on any atom is -0.323 e. The van der Waals surface area contributed by atoms with E-state index in [2.05, 4.69) is 15.0 Å². The molecule has 7 nitrogen and oxygen atoms in total. The number of non-ortho nitro benzene ring substituents is 1. The van der Waals surface area contributed by atoms with Gasteiger partial charge in [-0.3, -0.25) is 14.7 Å². The molecule has 0 radical (unpaired) electrons. The summed E-state index contributed by atoms with van der Waals surface area (Å²) in [5.41, 5.74) is 0.967. The van der Waals surface area contributed by atoms with Gasteiger partial charge in [-0.05, 0) is 6.07 Å². The number of para-hydroxylation sites is 1. The highest BCUT2D eigenvalue weighted by molar-refractivity contribution is 5.85. The van der Waals surface area contributed by atoms with Crippen molar-refractivity contribution in [1.82, 2.24) is 19.5 Å². The van der Waals surface area contributed by atoms with Crippen LogP contribution in [0.15, 0.2) is 36.9 Å². The summed E-state index contributed by atoms with van der Waals surface area (Å²) >= 11 is 0. The molecule has 84 valence electrons. The Balaban J connectivity index is 2.26. The van der Waals surface area contributed by atoms with Gasteiger partial charge in [0.2, 0.25) is 5.95 Å². The van der Waals surface area contributed by atoms with Crippen molar-refractivity contribution < 1.29 is 4.92 Å². The number of nitrogens with one attached hydrogen (secondary N) is 1. The molecule has 0 aliphatic rings. The van der Waals surface area contributed by atoms with Crippen LogP contribution in [0.5, 0.6) is 0 Å². The Morgan fingerprint density at radius 3 is 3.00 bits per heavy atom. The molecule has 1 N–H and O–H groups in total. The number of aromatic nitrogens is 4. The van der Waals surface area contributed by atoms with Crippen LogP contribution in [0.2, 0.25) is 0 Å². The zero-order valence-electron chi connectivity index (χ0n) is 8.57. The van der Waals surface area contributed by atoms with E-state index in [9.17, 15) is 10.1 Å². The third kappa shape index (κ3) is 1.44. The topological polar surface area (TPSA) is 89.6 Å². The van der Waals surface area contributed by atoms with E-state index in [1.54, 1.807) is 35.4 Å². The molecule has 3 aromatic rings. The van der Waals surface area contributed by atoms with Gasteiger partial charge in [-0.1, -0.05) is 6.07 Å². The normalized spacial score (nSPS) is 10.8. The first-order valence-corrected chi connectivity index (χ1v) is 4.87. The number of imidazole rings is 2. The maximum absolute atomic E-state index is 10.8. The van der Waals surface area contributed by atoms with E-state index in [4.69, 9.17) is 0 Å². The van der Waals surface area contributed by atoms with Gasteiger partial charge in [-0.15, -0.1) is 0 Å². The van der Waals surface area contributed by atoms with Gasteiger partial charge < -0.3 is 4.98 Å². The number of rotatable bonds is 2. The molecule has 17 heavy (non-hydrogen) atoms. The largest absolute Gasteiger partial charge is 0.323 e. The highest BCUT2D eigenvalue weighted by atomic mass is 16.6. The maximum atomic E-state index is 10.8. The summed E-state index contributed by atoms with van der Waals surface area (Å²) in [7, 11) is 0. The van der Waals surface area contributed by atoms with Crippen molar-refractivity contribution in [3.05, 3.63) is 47.0 Å². The number of nitrogens with zero attached hydrogens (tertiary/aromatic N) is 4. The van der Waals surface area contributed by atoms with Crippen LogP contribution in [0.25, 0.3) is 17.0 Å². The second-order valence-electron chi connectivity index (χ2n) is 3.46. The standard InChI is InChI=1S/C10H7N5O2/c16-15(17)8-3-1-2-7-9(8)13-10(12-7)14-5-4-11-6-14/h1-6H,(H,12,13). The van der Waals surface area contributed by atoms with Crippen LogP contribution in [0, 0.1) is 10.1 Å². The van der Waals surface area contributed by atoms with Gasteiger partial charge in [-0.25, -0.2) is 9.97 Å². The number of aromatic amines is 1. The monoisotopic (exact) mass is 229 g/mol. The van der Waals surface area contributed by atoms with E-state index < -0.39 is 4.92 Å². The SMILES string of the molecule is O=[N+]([O-])c1cccc2[nH]c(-n3ccnc3)nc12. The van der Waals surface area contributed by atoms with Crippen molar-refractivity contribution >= 4 is 16.7 Å². The molecule has 0 amide bonds. The first-order chi connectivity index (χ1) is 8.25. The van der Waals surface area contributed by atoms with Gasteiger partial charge >= 0.3 is 0 Å². The maximum Gasteiger partial charge on any atom is 0.297 e. The van der Waals surface area contributed by atoms with Crippen LogP contribution >= 0.6 is 0 Å². The lowest BCUT2D eigenvalue weighted by Gasteiger charge is -1.92. The Hall–Kier alpha value is -2.70. The summed E-state index contributed by atoms with van der Waals surface area (Å²) in [5, 5.41) is 10.8. The van der Waals surface area contributed by atoms with Crippen LogP contribution in [0.1, 0.15) is 0 Å². The third-order valence-corrected chi connectivity index (χ3v) is 2.42. The lowest BCUT2D eigenvalue weighted by atomic mass is 10.3. The lowest BCUT2D eigenvalue weighted by Crippen LogP contribution is -1.92. The predicted molar refractivity (Wildman–Crippen MR) is 59.9 cm³/mol. The molecule has 0 aliphatic heterocycles. The molecule has 0 atom stereocenters. The van der Waals surface area contributed by atoms with Gasteiger partial charge in [0.25, 0.3) is 5.69 Å². The van der Waals surface area contributed by atoms with Crippen molar-refractivity contribution in [1.29, 1.82) is 0 Å². The lowest BCUT2D eigenvalue weighted by molar-refractivity contribution is -0.383. The molecule has 2 aromatic heterocycles. The molecule has 0 aliphatic carbocycles. The van der Waals surface area contributed by atoms with Crippen molar-refractivity contribution in [2.75, 3.05) is 0 Å². The number of hydrogen-bond acceptors (Lipinski definition) is 4. The summed E-state index contributed by atoms with van der Waals surface area (Å²) in [6.45, 7) is 0. The molecule has 0 bridgehead atoms. The third-order valence-electron chi connectivity index (χ3n) is 2.42. The van der Waals surface area contributed by atoms with Crippen molar-refractivity contribution in [3.63, 3.8) is 0 Å². The molecular formula is C10H7N5O2. The minimum atomic E-state index is -0.444. The Morgan fingerprint density at radius 1 is 1.41 bits per heavy atom. The predicted octanol–water partition coefficient (Wildman–Crippen LogP) is 1.66. The minimum absolute atomic E-state index is 0.00915. The summed E-state index contributed by atoms with van der Waals surface area (Å²) in [4.78, 5) is 21.5. The molecule has 7 heteroatoms. The fourth-order valence-electron chi connectivity index (χ4n) is 1.66. The molecule has 0 saturated carbocycles. The second-order valence-corrected chi connectivity index (χ2v) is 3.46. The quantitative estimate of drug-likeness (QED) is 0.534. The van der Waals surface area contributed by atoms with Crippen LogP contribution < -0.4 is 0 Å². The number of fused-ring (bicyclic) bond motifs is 1. The highest BCUT2D eigenvalue weighted by Gasteiger charge is 2.15. The molecule has 0 fully saturated rings. The van der Waals surface area contributed by atoms with Crippen molar-refractivity contribution in [3.8, 4) is 5.95 Å². The average molecular weight is 229 g/mol. The van der Waals surface area contributed by atoms with Crippen molar-refractivity contribution in [2.24, 2.45) is 0 Å². The Labute approximate surface area is 94.9 Å². The zero-order valence-corrected chi connectivity index (χ0v) is 8.57. The first kappa shape index (κ1) is 9.52. The summed E-state index contributed by atoms with van der Waals surface area (Å²) < 4.78 is 1.66. The van der Waals surface area contributed by atoms with Crippen LogP contribution in [0.3, 0.4) is 0 Å². The van der Waals surface area contributed by atoms with E-state index >= 15 is 0 Å². The van der Waals surface area contributed by atoms with Gasteiger partial charge in [0.05, 0.1) is 10.4 Å². The average Bonchev–Trinajstić information content (AvgIpc) is 2.96.